The first-order valence-corrected chi connectivity index (χ1v) is 7.43. The first-order chi connectivity index (χ1) is 9.84. The second kappa shape index (κ2) is 5.91. The van der Waals surface area contributed by atoms with Gasteiger partial charge in [-0.05, 0) is 32.6 Å². The average Bonchev–Trinajstić information content (AvgIpc) is 2.81. The summed E-state index contributed by atoms with van der Waals surface area (Å²) < 4.78 is 0. The van der Waals surface area contributed by atoms with Gasteiger partial charge < -0.3 is 21.1 Å². The van der Waals surface area contributed by atoms with Crippen LogP contribution in [-0.2, 0) is 9.59 Å². The number of amides is 3. The van der Waals surface area contributed by atoms with Crippen molar-refractivity contribution >= 4 is 17.9 Å². The highest BCUT2D eigenvalue weighted by molar-refractivity contribution is 5.81. The maximum absolute atomic E-state index is 12.3. The van der Waals surface area contributed by atoms with Gasteiger partial charge in [0.2, 0.25) is 5.91 Å². The van der Waals surface area contributed by atoms with Crippen LogP contribution in [0.5, 0.6) is 0 Å². The van der Waals surface area contributed by atoms with Crippen molar-refractivity contribution < 1.29 is 19.5 Å². The topological polar surface area (TPSA) is 113 Å². The zero-order valence-corrected chi connectivity index (χ0v) is 12.3. The normalized spacial score (nSPS) is 32.7. The number of nitrogens with two attached hydrogens (primary N) is 1. The third-order valence-corrected chi connectivity index (χ3v) is 4.86. The Labute approximate surface area is 123 Å². The molecule has 1 saturated carbocycles. The van der Waals surface area contributed by atoms with E-state index in [1.54, 1.807) is 11.8 Å². The number of piperidine rings is 1. The van der Waals surface area contributed by atoms with Crippen molar-refractivity contribution in [2.75, 3.05) is 13.1 Å². The summed E-state index contributed by atoms with van der Waals surface area (Å²) in [4.78, 5) is 36.5. The molecule has 7 heteroatoms. The zero-order valence-electron chi connectivity index (χ0n) is 12.3. The van der Waals surface area contributed by atoms with Crippen LogP contribution >= 0.6 is 0 Å². The summed E-state index contributed by atoms with van der Waals surface area (Å²) in [7, 11) is 0. The van der Waals surface area contributed by atoms with Crippen LogP contribution < -0.4 is 11.1 Å². The molecule has 2 rings (SSSR count). The number of nitrogens with zero attached hydrogens (tertiary/aromatic N) is 1. The molecule has 3 unspecified atom stereocenters. The molecule has 0 aromatic heterocycles. The Balaban J connectivity index is 1.98. The second-order valence-electron chi connectivity index (χ2n) is 6.30. The molecule has 3 atom stereocenters. The summed E-state index contributed by atoms with van der Waals surface area (Å²) in [6, 6.07) is -0.656. The minimum Gasteiger partial charge on any atom is -0.481 e. The van der Waals surface area contributed by atoms with Crippen molar-refractivity contribution in [2.45, 2.75) is 45.1 Å². The van der Waals surface area contributed by atoms with Gasteiger partial charge in [0.1, 0.15) is 0 Å². The Bertz CT molecular complexity index is 454. The SMILES string of the molecule is CC1(C(=O)O)CCCC1NC(=O)N1CCCC(C(N)=O)C1. The number of carboxylic acid groups (broad SMARTS) is 1. The van der Waals surface area contributed by atoms with Crippen molar-refractivity contribution in [3.8, 4) is 0 Å². The molecule has 3 amide bonds. The Morgan fingerprint density at radius 1 is 1.29 bits per heavy atom. The number of carboxylic acids is 1. The lowest BCUT2D eigenvalue weighted by Crippen LogP contribution is -2.54. The van der Waals surface area contributed by atoms with Crippen molar-refractivity contribution in [1.29, 1.82) is 0 Å². The van der Waals surface area contributed by atoms with E-state index in [9.17, 15) is 19.5 Å². The molecule has 1 heterocycles. The number of hydrogen-bond acceptors (Lipinski definition) is 3. The monoisotopic (exact) mass is 297 g/mol. The highest BCUT2D eigenvalue weighted by Crippen LogP contribution is 2.38. The van der Waals surface area contributed by atoms with Gasteiger partial charge in [-0.1, -0.05) is 6.42 Å². The van der Waals surface area contributed by atoms with Crippen LogP contribution in [-0.4, -0.2) is 47.0 Å². The number of primary amides is 1. The number of carbonyl (C=O) groups excluding carboxylic acids is 2. The molecule has 7 nitrogen and oxygen atoms in total. The molecule has 0 aromatic carbocycles. The van der Waals surface area contributed by atoms with Gasteiger partial charge in [0, 0.05) is 19.1 Å². The van der Waals surface area contributed by atoms with Crippen LogP contribution in [0.4, 0.5) is 4.79 Å². The molecule has 2 aliphatic rings. The molecular formula is C14H23N3O4. The van der Waals surface area contributed by atoms with E-state index in [-0.39, 0.29) is 23.9 Å². The average molecular weight is 297 g/mol. The van der Waals surface area contributed by atoms with E-state index in [0.717, 1.165) is 12.8 Å². The van der Waals surface area contributed by atoms with Crippen molar-refractivity contribution in [2.24, 2.45) is 17.1 Å². The fraction of sp³-hybridized carbons (Fsp3) is 0.786. The van der Waals surface area contributed by atoms with Crippen molar-refractivity contribution in [1.82, 2.24) is 10.2 Å². The Kier molecular flexibility index (Phi) is 4.39. The van der Waals surface area contributed by atoms with Crippen LogP contribution in [0.25, 0.3) is 0 Å². The zero-order chi connectivity index (χ0) is 15.6. The maximum atomic E-state index is 12.3. The molecular weight excluding hydrogens is 274 g/mol. The van der Waals surface area contributed by atoms with Gasteiger partial charge in [-0.3, -0.25) is 9.59 Å². The molecule has 118 valence electrons. The van der Waals surface area contributed by atoms with Crippen LogP contribution in [0.15, 0.2) is 0 Å². The molecule has 0 spiro atoms. The number of likely N-dealkylation sites (tertiary alicyclic amines) is 1. The smallest absolute Gasteiger partial charge is 0.317 e. The molecule has 4 N–H and O–H groups in total. The minimum absolute atomic E-state index is 0.291. The second-order valence-corrected chi connectivity index (χ2v) is 6.30. The first-order valence-electron chi connectivity index (χ1n) is 7.43. The standard InChI is InChI=1S/C14H23N3O4/c1-14(12(19)20)6-2-5-10(14)16-13(21)17-7-3-4-9(8-17)11(15)18/h9-10H,2-8H2,1H3,(H2,15,18)(H,16,21)(H,19,20). The van der Waals surface area contributed by atoms with Gasteiger partial charge >= 0.3 is 12.0 Å². The highest BCUT2D eigenvalue weighted by atomic mass is 16.4. The van der Waals surface area contributed by atoms with Crippen molar-refractivity contribution in [3.63, 3.8) is 0 Å². The van der Waals surface area contributed by atoms with Gasteiger partial charge in [-0.15, -0.1) is 0 Å². The lowest BCUT2D eigenvalue weighted by molar-refractivity contribution is -0.148. The minimum atomic E-state index is -0.908. The summed E-state index contributed by atoms with van der Waals surface area (Å²) in [6.07, 6.45) is 3.47. The molecule has 1 saturated heterocycles. The van der Waals surface area contributed by atoms with Gasteiger partial charge in [0.25, 0.3) is 0 Å². The van der Waals surface area contributed by atoms with Gasteiger partial charge in [0.05, 0.1) is 11.3 Å². The Morgan fingerprint density at radius 3 is 2.62 bits per heavy atom. The molecule has 0 aromatic rings. The lowest BCUT2D eigenvalue weighted by atomic mass is 9.85. The summed E-state index contributed by atoms with van der Waals surface area (Å²) >= 11 is 0. The number of nitrogens with one attached hydrogen (secondary N) is 1. The molecule has 1 aliphatic carbocycles. The van der Waals surface area contributed by atoms with Crippen LogP contribution in [0.3, 0.4) is 0 Å². The van der Waals surface area contributed by atoms with E-state index in [4.69, 9.17) is 5.73 Å². The van der Waals surface area contributed by atoms with Crippen molar-refractivity contribution in [3.05, 3.63) is 0 Å². The number of rotatable bonds is 3. The molecule has 21 heavy (non-hydrogen) atoms. The third-order valence-electron chi connectivity index (χ3n) is 4.86. The highest BCUT2D eigenvalue weighted by Gasteiger charge is 2.46. The Hall–Kier alpha value is -1.79. The molecule has 0 radical (unpaired) electrons. The van der Waals surface area contributed by atoms with Crippen LogP contribution in [0.1, 0.15) is 39.0 Å². The summed E-state index contributed by atoms with van der Waals surface area (Å²) in [6.45, 7) is 2.57. The first kappa shape index (κ1) is 15.6. The van der Waals surface area contributed by atoms with E-state index >= 15 is 0 Å². The predicted molar refractivity (Wildman–Crippen MR) is 75.4 cm³/mol. The van der Waals surface area contributed by atoms with E-state index in [1.807, 2.05) is 0 Å². The lowest BCUT2D eigenvalue weighted by Gasteiger charge is -2.34. The largest absolute Gasteiger partial charge is 0.481 e. The van der Waals surface area contributed by atoms with Gasteiger partial charge in [0.15, 0.2) is 0 Å². The van der Waals surface area contributed by atoms with E-state index < -0.39 is 11.4 Å². The van der Waals surface area contributed by atoms with E-state index in [1.165, 1.54) is 0 Å². The van der Waals surface area contributed by atoms with Crippen LogP contribution in [0, 0.1) is 11.3 Å². The Morgan fingerprint density at radius 2 is 2.00 bits per heavy atom. The number of carbonyl (C=O) groups is 3. The summed E-state index contributed by atoms with van der Waals surface area (Å²) in [5.41, 5.74) is 4.39. The molecule has 0 bridgehead atoms. The number of aliphatic carboxylic acids is 1. The van der Waals surface area contributed by atoms with E-state index in [0.29, 0.717) is 32.4 Å². The quantitative estimate of drug-likeness (QED) is 0.705. The predicted octanol–water partition coefficient (Wildman–Crippen LogP) is 0.537. The fourth-order valence-corrected chi connectivity index (χ4v) is 3.29. The number of urea groups is 1. The maximum Gasteiger partial charge on any atom is 0.317 e. The third kappa shape index (κ3) is 3.11. The van der Waals surface area contributed by atoms with Gasteiger partial charge in [-0.2, -0.15) is 0 Å². The molecule has 2 fully saturated rings. The number of hydrogen-bond donors (Lipinski definition) is 3. The molecule has 1 aliphatic heterocycles. The summed E-state index contributed by atoms with van der Waals surface area (Å²) in [5.74, 6) is -1.57. The fourth-order valence-electron chi connectivity index (χ4n) is 3.29. The van der Waals surface area contributed by atoms with E-state index in [2.05, 4.69) is 5.32 Å². The summed E-state index contributed by atoms with van der Waals surface area (Å²) in [5, 5.41) is 12.2. The van der Waals surface area contributed by atoms with Gasteiger partial charge in [-0.25, -0.2) is 4.79 Å². The van der Waals surface area contributed by atoms with Crippen LogP contribution in [0.2, 0.25) is 0 Å².